The van der Waals surface area contributed by atoms with Crippen molar-refractivity contribution in [3.8, 4) is 0 Å². The van der Waals surface area contributed by atoms with Crippen molar-refractivity contribution in [3.05, 3.63) is 35.5 Å². The van der Waals surface area contributed by atoms with E-state index in [-0.39, 0.29) is 0 Å². The third-order valence-corrected chi connectivity index (χ3v) is 4.76. The van der Waals surface area contributed by atoms with E-state index < -0.39 is 0 Å². The van der Waals surface area contributed by atoms with Crippen molar-refractivity contribution in [1.29, 1.82) is 0 Å². The Morgan fingerprint density at radius 3 is 2.45 bits per heavy atom. The summed E-state index contributed by atoms with van der Waals surface area (Å²) >= 11 is 0. The van der Waals surface area contributed by atoms with Crippen LogP contribution in [-0.4, -0.2) is 0 Å². The summed E-state index contributed by atoms with van der Waals surface area (Å²) in [6.45, 7) is 13.4. The molecule has 114 valence electrons. The summed E-state index contributed by atoms with van der Waals surface area (Å²) in [5.74, 6) is 1.55. The Morgan fingerprint density at radius 2 is 1.75 bits per heavy atom. The number of hydrogen-bond acceptors (Lipinski definition) is 0. The second-order valence-electron chi connectivity index (χ2n) is 6.99. The molecule has 0 radical (unpaired) electrons. The van der Waals surface area contributed by atoms with Gasteiger partial charge >= 0.3 is 0 Å². The molecule has 0 amide bonds. The summed E-state index contributed by atoms with van der Waals surface area (Å²) in [7, 11) is 0. The average molecular weight is 274 g/mol. The molecule has 0 nitrogen and oxygen atoms in total. The van der Waals surface area contributed by atoms with Crippen LogP contribution in [0.25, 0.3) is 0 Å². The Kier molecular flexibility index (Phi) is 7.95. The average Bonchev–Trinajstić information content (AvgIpc) is 2.37. The maximum Gasteiger partial charge on any atom is -0.0174 e. The summed E-state index contributed by atoms with van der Waals surface area (Å²) in [6.07, 6.45) is 15.2. The first-order valence-electron chi connectivity index (χ1n) is 8.45. The van der Waals surface area contributed by atoms with Crippen LogP contribution in [0.5, 0.6) is 0 Å². The van der Waals surface area contributed by atoms with Crippen molar-refractivity contribution in [2.45, 2.75) is 79.1 Å². The quantitative estimate of drug-likeness (QED) is 0.459. The predicted octanol–water partition coefficient (Wildman–Crippen LogP) is 6.84. The molecular weight excluding hydrogens is 240 g/mol. The Balaban J connectivity index is 2.69. The minimum Gasteiger partial charge on any atom is -0.0998 e. The highest BCUT2D eigenvalue weighted by atomic mass is 14.2. The van der Waals surface area contributed by atoms with Crippen LogP contribution in [0.1, 0.15) is 79.1 Å². The van der Waals surface area contributed by atoms with E-state index in [1.54, 1.807) is 11.1 Å². The largest absolute Gasteiger partial charge is 0.0998 e. The number of rotatable bonds is 1. The van der Waals surface area contributed by atoms with E-state index in [2.05, 4.69) is 46.4 Å². The van der Waals surface area contributed by atoms with E-state index in [9.17, 15) is 0 Å². The van der Waals surface area contributed by atoms with Crippen molar-refractivity contribution in [2.75, 3.05) is 0 Å². The van der Waals surface area contributed by atoms with Crippen molar-refractivity contribution in [3.63, 3.8) is 0 Å². The van der Waals surface area contributed by atoms with Crippen molar-refractivity contribution >= 4 is 0 Å². The third-order valence-electron chi connectivity index (χ3n) is 4.76. The molecule has 2 atom stereocenters. The molecule has 0 aromatic rings. The molecule has 0 aromatic carbocycles. The molecule has 0 fully saturated rings. The SMILES string of the molecule is C=C(C)[C@@H]1C/C=C(\C)CC/C=C(\C)CCC[C@H](C)CC1. The van der Waals surface area contributed by atoms with Crippen molar-refractivity contribution in [1.82, 2.24) is 0 Å². The van der Waals surface area contributed by atoms with E-state index in [0.717, 1.165) is 5.92 Å². The monoisotopic (exact) mass is 274 g/mol. The molecule has 0 heterocycles. The van der Waals surface area contributed by atoms with Gasteiger partial charge in [0.1, 0.15) is 0 Å². The first-order chi connectivity index (χ1) is 9.49. The first-order valence-corrected chi connectivity index (χ1v) is 8.45. The number of hydrogen-bond donors (Lipinski definition) is 0. The van der Waals surface area contributed by atoms with E-state index in [1.165, 1.54) is 56.9 Å². The highest BCUT2D eigenvalue weighted by Crippen LogP contribution is 2.26. The highest BCUT2D eigenvalue weighted by molar-refractivity contribution is 5.07. The molecule has 20 heavy (non-hydrogen) atoms. The molecule has 1 aliphatic rings. The molecule has 0 unspecified atom stereocenters. The van der Waals surface area contributed by atoms with E-state index >= 15 is 0 Å². The summed E-state index contributed by atoms with van der Waals surface area (Å²) in [4.78, 5) is 0. The van der Waals surface area contributed by atoms with Gasteiger partial charge in [0.15, 0.2) is 0 Å². The van der Waals surface area contributed by atoms with Gasteiger partial charge in [-0.3, -0.25) is 0 Å². The molecule has 0 aromatic heterocycles. The highest BCUT2D eigenvalue weighted by Gasteiger charge is 2.11. The lowest BCUT2D eigenvalue weighted by molar-refractivity contribution is 0.415. The van der Waals surface area contributed by atoms with Gasteiger partial charge in [0.05, 0.1) is 0 Å². The van der Waals surface area contributed by atoms with Crippen LogP contribution in [0.2, 0.25) is 0 Å². The molecule has 0 N–H and O–H groups in total. The zero-order valence-corrected chi connectivity index (χ0v) is 14.2. The fourth-order valence-electron chi connectivity index (χ4n) is 3.02. The van der Waals surface area contributed by atoms with E-state index in [4.69, 9.17) is 0 Å². The summed E-state index contributed by atoms with van der Waals surface area (Å²) < 4.78 is 0. The Morgan fingerprint density at radius 1 is 1.05 bits per heavy atom. The lowest BCUT2D eigenvalue weighted by Crippen LogP contribution is -2.05. The van der Waals surface area contributed by atoms with Crippen LogP contribution in [0, 0.1) is 11.8 Å². The zero-order valence-electron chi connectivity index (χ0n) is 14.2. The molecule has 1 rings (SSSR count). The first kappa shape index (κ1) is 17.3. The van der Waals surface area contributed by atoms with Crippen LogP contribution in [0.15, 0.2) is 35.5 Å². The van der Waals surface area contributed by atoms with E-state index in [0.29, 0.717) is 5.92 Å². The van der Waals surface area contributed by atoms with Gasteiger partial charge in [-0.1, -0.05) is 55.2 Å². The Hall–Kier alpha value is -0.780. The molecular formula is C20H34. The van der Waals surface area contributed by atoms with Gasteiger partial charge in [-0.15, -0.1) is 0 Å². The van der Waals surface area contributed by atoms with Crippen LogP contribution in [-0.2, 0) is 0 Å². The predicted molar refractivity (Wildman–Crippen MR) is 91.9 cm³/mol. The van der Waals surface area contributed by atoms with Crippen molar-refractivity contribution in [2.24, 2.45) is 11.8 Å². The summed E-state index contributed by atoms with van der Waals surface area (Å²) in [6, 6.07) is 0. The maximum absolute atomic E-state index is 4.20. The van der Waals surface area contributed by atoms with Crippen LogP contribution >= 0.6 is 0 Å². The smallest absolute Gasteiger partial charge is 0.0174 e. The van der Waals surface area contributed by atoms with Crippen LogP contribution < -0.4 is 0 Å². The summed E-state index contributed by atoms with van der Waals surface area (Å²) in [5.41, 5.74) is 4.50. The van der Waals surface area contributed by atoms with Crippen LogP contribution in [0.4, 0.5) is 0 Å². The Labute approximate surface area is 127 Å². The van der Waals surface area contributed by atoms with Crippen LogP contribution in [0.3, 0.4) is 0 Å². The second-order valence-corrected chi connectivity index (χ2v) is 6.99. The standard InChI is InChI=1S/C20H34/c1-16(2)20-14-12-18(4)10-6-8-17(3)9-7-11-19(5)13-15-20/h8,12,19-20H,1,6-7,9-11,13-15H2,2-5H3/b17-8+,18-12+/t19-,20+/m0/s1. The minimum atomic E-state index is 0.688. The van der Waals surface area contributed by atoms with Gasteiger partial charge in [-0.2, -0.15) is 0 Å². The van der Waals surface area contributed by atoms with Gasteiger partial charge in [-0.05, 0) is 71.1 Å². The van der Waals surface area contributed by atoms with Crippen molar-refractivity contribution < 1.29 is 0 Å². The zero-order chi connectivity index (χ0) is 15.0. The third kappa shape index (κ3) is 7.12. The Bertz CT molecular complexity index is 356. The molecule has 0 aliphatic heterocycles. The lowest BCUT2D eigenvalue weighted by atomic mass is 9.87. The fraction of sp³-hybridized carbons (Fsp3) is 0.700. The molecule has 1 aliphatic carbocycles. The molecule has 0 heteroatoms. The normalized spacial score (nSPS) is 32.4. The van der Waals surface area contributed by atoms with Gasteiger partial charge in [-0.25, -0.2) is 0 Å². The minimum absolute atomic E-state index is 0.688. The second kappa shape index (κ2) is 9.21. The maximum atomic E-state index is 4.20. The molecule has 0 bridgehead atoms. The molecule has 0 saturated heterocycles. The molecule has 0 saturated carbocycles. The topological polar surface area (TPSA) is 0 Å². The fourth-order valence-corrected chi connectivity index (χ4v) is 3.02. The van der Waals surface area contributed by atoms with E-state index in [1.807, 2.05) is 0 Å². The van der Waals surface area contributed by atoms with Gasteiger partial charge in [0.2, 0.25) is 0 Å². The van der Waals surface area contributed by atoms with Gasteiger partial charge < -0.3 is 0 Å². The van der Waals surface area contributed by atoms with Gasteiger partial charge in [0, 0.05) is 0 Å². The molecule has 0 spiro atoms. The van der Waals surface area contributed by atoms with Gasteiger partial charge in [0.25, 0.3) is 0 Å². The summed E-state index contributed by atoms with van der Waals surface area (Å²) in [5, 5.41) is 0. The number of allylic oxidation sites excluding steroid dienone is 5. The lowest BCUT2D eigenvalue weighted by Gasteiger charge is -2.19.